The van der Waals surface area contributed by atoms with Gasteiger partial charge in [-0.25, -0.2) is 0 Å². The Hall–Kier alpha value is -1.26. The molecule has 122 valence electrons. The summed E-state index contributed by atoms with van der Waals surface area (Å²) in [4.78, 5) is 14.6. The van der Waals surface area contributed by atoms with Gasteiger partial charge in [-0.15, -0.1) is 12.4 Å². The first-order valence-corrected chi connectivity index (χ1v) is 7.90. The van der Waals surface area contributed by atoms with Crippen LogP contribution in [-0.2, 0) is 4.79 Å². The number of likely N-dealkylation sites (tertiary alicyclic amines) is 1. The van der Waals surface area contributed by atoms with Gasteiger partial charge in [0.1, 0.15) is 5.75 Å². The van der Waals surface area contributed by atoms with Gasteiger partial charge < -0.3 is 15.0 Å². The van der Waals surface area contributed by atoms with Crippen LogP contribution >= 0.6 is 12.4 Å². The van der Waals surface area contributed by atoms with Crippen LogP contribution in [0.4, 0.5) is 0 Å². The Kier molecular flexibility index (Phi) is 5.70. The topological polar surface area (TPSA) is 41.6 Å². The van der Waals surface area contributed by atoms with Gasteiger partial charge in [0.05, 0.1) is 0 Å². The number of hydrogen-bond acceptors (Lipinski definition) is 3. The normalized spacial score (nSPS) is 25.1. The number of aryl methyl sites for hydroxylation is 1. The summed E-state index contributed by atoms with van der Waals surface area (Å²) < 4.78 is 5.82. The number of carbonyl (C=O) groups is 1. The van der Waals surface area contributed by atoms with Gasteiger partial charge in [-0.05, 0) is 50.8 Å². The van der Waals surface area contributed by atoms with E-state index in [0.717, 1.165) is 30.8 Å². The molecule has 0 radical (unpaired) electrons. The van der Waals surface area contributed by atoms with Gasteiger partial charge in [-0.3, -0.25) is 4.79 Å². The molecule has 3 atom stereocenters. The quantitative estimate of drug-likeness (QED) is 0.929. The molecule has 3 unspecified atom stereocenters. The Labute approximate surface area is 138 Å². The summed E-state index contributed by atoms with van der Waals surface area (Å²) in [7, 11) is 0. The first-order valence-electron chi connectivity index (χ1n) is 7.90. The Morgan fingerprint density at radius 3 is 2.86 bits per heavy atom. The van der Waals surface area contributed by atoms with Crippen LogP contribution in [-0.4, -0.2) is 42.1 Å². The van der Waals surface area contributed by atoms with Crippen LogP contribution < -0.4 is 10.1 Å². The number of ether oxygens (including phenoxy) is 1. The number of benzene rings is 1. The molecule has 0 aliphatic carbocycles. The minimum atomic E-state index is -0.427. The maximum absolute atomic E-state index is 12.6. The smallest absolute Gasteiger partial charge is 0.263 e. The molecule has 0 spiro atoms. The number of nitrogens with zero attached hydrogens (tertiary/aromatic N) is 1. The van der Waals surface area contributed by atoms with Crippen molar-refractivity contribution in [2.24, 2.45) is 0 Å². The Bertz CT molecular complexity index is 523. The molecule has 2 fully saturated rings. The molecular weight excluding hydrogens is 300 g/mol. The highest BCUT2D eigenvalue weighted by atomic mass is 35.5. The molecule has 2 aliphatic rings. The molecule has 1 amide bonds. The highest BCUT2D eigenvalue weighted by Crippen LogP contribution is 2.21. The second kappa shape index (κ2) is 7.34. The zero-order valence-electron chi connectivity index (χ0n) is 13.2. The van der Waals surface area contributed by atoms with Crippen molar-refractivity contribution in [1.82, 2.24) is 10.2 Å². The van der Waals surface area contributed by atoms with Crippen LogP contribution in [0.3, 0.4) is 0 Å². The van der Waals surface area contributed by atoms with Crippen LogP contribution in [0.2, 0.25) is 0 Å². The van der Waals surface area contributed by atoms with Crippen molar-refractivity contribution in [3.05, 3.63) is 29.8 Å². The molecule has 1 aromatic carbocycles. The SMILES string of the molecule is Cc1cccc(OC(C)C(=O)N2CCC3CCC(C2)N3)c1.Cl. The van der Waals surface area contributed by atoms with Gasteiger partial charge in [0.2, 0.25) is 0 Å². The fourth-order valence-corrected chi connectivity index (χ4v) is 3.34. The average Bonchev–Trinajstić information content (AvgIpc) is 2.77. The molecule has 1 aromatic rings. The predicted molar refractivity (Wildman–Crippen MR) is 89.7 cm³/mol. The van der Waals surface area contributed by atoms with Crippen molar-refractivity contribution >= 4 is 18.3 Å². The molecule has 2 bridgehead atoms. The van der Waals surface area contributed by atoms with Gasteiger partial charge in [0, 0.05) is 25.2 Å². The molecule has 2 saturated heterocycles. The van der Waals surface area contributed by atoms with E-state index in [-0.39, 0.29) is 18.3 Å². The van der Waals surface area contributed by atoms with Crippen molar-refractivity contribution in [3.8, 4) is 5.75 Å². The summed E-state index contributed by atoms with van der Waals surface area (Å²) in [6.45, 7) is 5.53. The largest absolute Gasteiger partial charge is 0.481 e. The molecule has 5 heteroatoms. The molecule has 22 heavy (non-hydrogen) atoms. The van der Waals surface area contributed by atoms with E-state index < -0.39 is 6.10 Å². The molecule has 1 N–H and O–H groups in total. The second-order valence-electron chi connectivity index (χ2n) is 6.29. The molecule has 2 heterocycles. The summed E-state index contributed by atoms with van der Waals surface area (Å²) in [5.74, 6) is 0.871. The fourth-order valence-electron chi connectivity index (χ4n) is 3.34. The summed E-state index contributed by atoms with van der Waals surface area (Å²) in [5.41, 5.74) is 1.14. The Morgan fingerprint density at radius 2 is 2.09 bits per heavy atom. The third kappa shape index (κ3) is 3.93. The van der Waals surface area contributed by atoms with Crippen molar-refractivity contribution in [3.63, 3.8) is 0 Å². The number of fused-ring (bicyclic) bond motifs is 2. The molecule has 0 saturated carbocycles. The van der Waals surface area contributed by atoms with Crippen LogP contribution in [0, 0.1) is 6.92 Å². The average molecular weight is 325 g/mol. The summed E-state index contributed by atoms with van der Waals surface area (Å²) in [6, 6.07) is 8.92. The standard InChI is InChI=1S/C17H24N2O2.ClH/c1-12-4-3-5-16(10-12)21-13(2)17(20)19-9-8-14-6-7-15(11-19)18-14;/h3-5,10,13-15,18H,6-9,11H2,1-2H3;1H. The maximum Gasteiger partial charge on any atom is 0.263 e. The lowest BCUT2D eigenvalue weighted by Gasteiger charge is -2.27. The number of carbonyl (C=O) groups excluding carboxylic acids is 1. The summed E-state index contributed by atoms with van der Waals surface area (Å²) in [6.07, 6.45) is 3.06. The van der Waals surface area contributed by atoms with E-state index in [1.165, 1.54) is 12.8 Å². The molecule has 0 aromatic heterocycles. The Morgan fingerprint density at radius 1 is 1.32 bits per heavy atom. The number of halogens is 1. The van der Waals surface area contributed by atoms with Crippen molar-refractivity contribution < 1.29 is 9.53 Å². The lowest BCUT2D eigenvalue weighted by atomic mass is 10.1. The summed E-state index contributed by atoms with van der Waals surface area (Å²) >= 11 is 0. The van der Waals surface area contributed by atoms with E-state index >= 15 is 0 Å². The van der Waals surface area contributed by atoms with E-state index in [9.17, 15) is 4.79 Å². The zero-order valence-corrected chi connectivity index (χ0v) is 14.1. The lowest BCUT2D eigenvalue weighted by Crippen LogP contribution is -2.44. The number of amides is 1. The van der Waals surface area contributed by atoms with E-state index in [0.29, 0.717) is 12.1 Å². The summed E-state index contributed by atoms with van der Waals surface area (Å²) in [5, 5.41) is 3.60. The minimum absolute atomic E-state index is 0. The third-order valence-electron chi connectivity index (χ3n) is 4.49. The Balaban J connectivity index is 0.00000176. The van der Waals surface area contributed by atoms with E-state index in [4.69, 9.17) is 4.74 Å². The van der Waals surface area contributed by atoms with Gasteiger partial charge >= 0.3 is 0 Å². The van der Waals surface area contributed by atoms with Gasteiger partial charge in [0.25, 0.3) is 5.91 Å². The predicted octanol–water partition coefficient (Wildman–Crippen LogP) is 2.54. The maximum atomic E-state index is 12.6. The van der Waals surface area contributed by atoms with Gasteiger partial charge in [-0.1, -0.05) is 12.1 Å². The number of rotatable bonds is 3. The fraction of sp³-hybridized carbons (Fsp3) is 0.588. The second-order valence-corrected chi connectivity index (χ2v) is 6.29. The monoisotopic (exact) mass is 324 g/mol. The highest BCUT2D eigenvalue weighted by molar-refractivity contribution is 5.85. The first-order chi connectivity index (χ1) is 10.1. The zero-order chi connectivity index (χ0) is 14.8. The van der Waals surface area contributed by atoms with Gasteiger partial charge in [-0.2, -0.15) is 0 Å². The van der Waals surface area contributed by atoms with Crippen LogP contribution in [0.15, 0.2) is 24.3 Å². The number of nitrogens with one attached hydrogen (secondary N) is 1. The van der Waals surface area contributed by atoms with E-state index in [1.54, 1.807) is 0 Å². The highest BCUT2D eigenvalue weighted by Gasteiger charge is 2.32. The van der Waals surface area contributed by atoms with E-state index in [2.05, 4.69) is 5.32 Å². The van der Waals surface area contributed by atoms with Gasteiger partial charge in [0.15, 0.2) is 6.10 Å². The lowest BCUT2D eigenvalue weighted by molar-refractivity contribution is -0.138. The molecule has 2 aliphatic heterocycles. The minimum Gasteiger partial charge on any atom is -0.481 e. The third-order valence-corrected chi connectivity index (χ3v) is 4.49. The van der Waals surface area contributed by atoms with Crippen molar-refractivity contribution in [2.75, 3.05) is 13.1 Å². The van der Waals surface area contributed by atoms with E-state index in [1.807, 2.05) is 43.0 Å². The van der Waals surface area contributed by atoms with Crippen molar-refractivity contribution in [1.29, 1.82) is 0 Å². The molecule has 3 rings (SSSR count). The van der Waals surface area contributed by atoms with Crippen LogP contribution in [0.1, 0.15) is 31.7 Å². The number of hydrogen-bond donors (Lipinski definition) is 1. The van der Waals surface area contributed by atoms with Crippen LogP contribution in [0.25, 0.3) is 0 Å². The van der Waals surface area contributed by atoms with Crippen molar-refractivity contribution in [2.45, 2.75) is 51.3 Å². The first kappa shape index (κ1) is 17.1. The molecular formula is C17H25ClN2O2. The van der Waals surface area contributed by atoms with Crippen LogP contribution in [0.5, 0.6) is 5.75 Å². The molecule has 4 nitrogen and oxygen atoms in total.